The van der Waals surface area contributed by atoms with E-state index in [0.29, 0.717) is 24.3 Å². The van der Waals surface area contributed by atoms with Gasteiger partial charge in [0.2, 0.25) is 15.9 Å². The number of rotatable bonds is 11. The van der Waals surface area contributed by atoms with E-state index in [1.165, 1.54) is 37.1 Å². The molecule has 2 aromatic carbocycles. The van der Waals surface area contributed by atoms with Crippen molar-refractivity contribution in [3.05, 3.63) is 59.7 Å². The second kappa shape index (κ2) is 11.2. The number of hydrogen-bond acceptors (Lipinski definition) is 5. The van der Waals surface area contributed by atoms with Gasteiger partial charge in [-0.05, 0) is 35.7 Å². The van der Waals surface area contributed by atoms with Crippen LogP contribution in [0.25, 0.3) is 0 Å². The fourth-order valence-corrected chi connectivity index (χ4v) is 4.46. The maximum Gasteiger partial charge on any atom is 0.242 e. The van der Waals surface area contributed by atoms with Crippen molar-refractivity contribution in [2.75, 3.05) is 33.5 Å². The van der Waals surface area contributed by atoms with Crippen LogP contribution in [0.5, 0.6) is 5.75 Å². The molecule has 0 saturated carbocycles. The Bertz CT molecular complexity index is 900. The quantitative estimate of drug-likeness (QED) is 0.548. The Labute approximate surface area is 177 Å². The molecule has 0 aromatic heterocycles. The van der Waals surface area contributed by atoms with Gasteiger partial charge in [0.1, 0.15) is 5.75 Å². The minimum absolute atomic E-state index is 0.0618. The van der Waals surface area contributed by atoms with E-state index in [9.17, 15) is 13.2 Å². The predicted octanol–water partition coefficient (Wildman–Crippen LogP) is 2.93. The maximum atomic E-state index is 12.3. The zero-order valence-corrected chi connectivity index (χ0v) is 18.7. The Hall–Kier alpha value is -2.03. The molecule has 0 saturated heterocycles. The number of sulfonamides is 1. The molecule has 0 bridgehead atoms. The lowest BCUT2D eigenvalue weighted by Crippen LogP contribution is -2.26. The molecule has 0 aliphatic rings. The monoisotopic (exact) mass is 436 g/mol. The molecule has 6 nitrogen and oxygen atoms in total. The summed E-state index contributed by atoms with van der Waals surface area (Å²) in [6.07, 6.45) is 0.675. The first-order valence-corrected chi connectivity index (χ1v) is 11.9. The number of carbonyl (C=O) groups excluding carboxylic acids is 1. The summed E-state index contributed by atoms with van der Waals surface area (Å²) in [7, 11) is 0.976. The van der Waals surface area contributed by atoms with E-state index in [-0.39, 0.29) is 17.2 Å². The first kappa shape index (κ1) is 23.3. The minimum atomic E-state index is -3.53. The lowest BCUT2D eigenvalue weighted by molar-refractivity contribution is -0.120. The number of thioether (sulfide) groups is 1. The van der Waals surface area contributed by atoms with Gasteiger partial charge in [-0.3, -0.25) is 4.79 Å². The van der Waals surface area contributed by atoms with Crippen LogP contribution in [-0.4, -0.2) is 52.1 Å². The molecule has 0 aliphatic heterocycles. The number of nitrogens with one attached hydrogen (secondary N) is 1. The van der Waals surface area contributed by atoms with Gasteiger partial charge in [-0.2, -0.15) is 11.8 Å². The van der Waals surface area contributed by atoms with Crippen molar-refractivity contribution >= 4 is 27.7 Å². The lowest BCUT2D eigenvalue weighted by Gasteiger charge is -2.14. The number of nitrogens with zero attached hydrogens (tertiary/aromatic N) is 1. The molecule has 0 atom stereocenters. The number of ether oxygens (including phenoxy) is 1. The van der Waals surface area contributed by atoms with Crippen molar-refractivity contribution in [2.45, 2.75) is 23.5 Å². The van der Waals surface area contributed by atoms with Crippen molar-refractivity contribution < 1.29 is 17.9 Å². The molecule has 1 amide bonds. The summed E-state index contributed by atoms with van der Waals surface area (Å²) in [6.45, 7) is 0.600. The van der Waals surface area contributed by atoms with Crippen molar-refractivity contribution in [2.24, 2.45) is 0 Å². The molecular weight excluding hydrogens is 408 g/mol. The van der Waals surface area contributed by atoms with Gasteiger partial charge in [0.05, 0.1) is 12.0 Å². The van der Waals surface area contributed by atoms with Crippen LogP contribution in [0.1, 0.15) is 17.5 Å². The third kappa shape index (κ3) is 7.06. The molecule has 1 N–H and O–H groups in total. The molecule has 0 radical (unpaired) electrons. The average molecular weight is 437 g/mol. The molecule has 0 unspecified atom stereocenters. The highest BCUT2D eigenvalue weighted by molar-refractivity contribution is 7.98. The van der Waals surface area contributed by atoms with Crippen LogP contribution in [0.3, 0.4) is 0 Å². The molecule has 0 fully saturated rings. The molecule has 2 rings (SSSR count). The van der Waals surface area contributed by atoms with E-state index in [1.807, 2.05) is 18.2 Å². The maximum absolute atomic E-state index is 12.3. The van der Waals surface area contributed by atoms with Crippen LogP contribution < -0.4 is 10.1 Å². The molecule has 158 valence electrons. The van der Waals surface area contributed by atoms with Crippen LogP contribution in [-0.2, 0) is 27.0 Å². The number of hydrogen-bond donors (Lipinski definition) is 1. The number of carbonyl (C=O) groups is 1. The van der Waals surface area contributed by atoms with Crippen molar-refractivity contribution in [1.29, 1.82) is 0 Å². The first-order chi connectivity index (χ1) is 13.8. The zero-order chi connectivity index (χ0) is 21.3. The number of benzene rings is 2. The van der Waals surface area contributed by atoms with E-state index in [0.717, 1.165) is 11.5 Å². The first-order valence-electron chi connectivity index (χ1n) is 9.32. The second-order valence-electron chi connectivity index (χ2n) is 6.65. The summed E-state index contributed by atoms with van der Waals surface area (Å²) in [6, 6.07) is 14.9. The van der Waals surface area contributed by atoms with Gasteiger partial charge < -0.3 is 10.1 Å². The molecular formula is C21H28N2O4S2. The van der Waals surface area contributed by atoms with Crippen LogP contribution in [0.4, 0.5) is 0 Å². The standard InChI is InChI=1S/C21H28N2O4S2/c1-23(2)29(25,26)19-10-11-20(27-3)18(15-19)9-12-21(24)22-13-14-28-16-17-7-5-4-6-8-17/h4-8,10-11,15H,9,12-14,16H2,1-3H3,(H,22,24). The number of amides is 1. The Kier molecular flexibility index (Phi) is 9.00. The number of methoxy groups -OCH3 is 1. The highest BCUT2D eigenvalue weighted by Crippen LogP contribution is 2.25. The largest absolute Gasteiger partial charge is 0.496 e. The lowest BCUT2D eigenvalue weighted by atomic mass is 10.1. The summed E-state index contributed by atoms with van der Waals surface area (Å²) in [4.78, 5) is 12.3. The van der Waals surface area contributed by atoms with Gasteiger partial charge in [0.25, 0.3) is 0 Å². The van der Waals surface area contributed by atoms with E-state index in [4.69, 9.17) is 4.74 Å². The normalized spacial score (nSPS) is 11.4. The van der Waals surface area contributed by atoms with Crippen LogP contribution in [0.2, 0.25) is 0 Å². The van der Waals surface area contributed by atoms with Crippen molar-refractivity contribution in [3.8, 4) is 5.75 Å². The highest BCUT2D eigenvalue weighted by atomic mass is 32.2. The van der Waals surface area contributed by atoms with Crippen LogP contribution in [0.15, 0.2) is 53.4 Å². The Morgan fingerprint density at radius 1 is 1.14 bits per heavy atom. The summed E-state index contributed by atoms with van der Waals surface area (Å²) >= 11 is 1.77. The smallest absolute Gasteiger partial charge is 0.242 e. The summed E-state index contributed by atoms with van der Waals surface area (Å²) in [5.41, 5.74) is 1.97. The van der Waals surface area contributed by atoms with Crippen molar-refractivity contribution in [3.63, 3.8) is 0 Å². The number of aryl methyl sites for hydroxylation is 1. The highest BCUT2D eigenvalue weighted by Gasteiger charge is 2.19. The Balaban J connectivity index is 1.82. The van der Waals surface area contributed by atoms with Gasteiger partial charge >= 0.3 is 0 Å². The SMILES string of the molecule is COc1ccc(S(=O)(=O)N(C)C)cc1CCC(=O)NCCSCc1ccccc1. The second-order valence-corrected chi connectivity index (χ2v) is 9.91. The molecule has 8 heteroatoms. The van der Waals surface area contributed by atoms with Gasteiger partial charge in [-0.25, -0.2) is 12.7 Å². The third-order valence-corrected chi connectivity index (χ3v) is 7.17. The van der Waals surface area contributed by atoms with Gasteiger partial charge in [-0.1, -0.05) is 30.3 Å². The minimum Gasteiger partial charge on any atom is -0.496 e. The molecule has 0 spiro atoms. The third-order valence-electron chi connectivity index (χ3n) is 4.33. The predicted molar refractivity (Wildman–Crippen MR) is 118 cm³/mol. The van der Waals surface area contributed by atoms with E-state index in [1.54, 1.807) is 23.9 Å². The van der Waals surface area contributed by atoms with Gasteiger partial charge in [-0.15, -0.1) is 0 Å². The molecule has 2 aromatic rings. The fraction of sp³-hybridized carbons (Fsp3) is 0.381. The van der Waals surface area contributed by atoms with Crippen molar-refractivity contribution in [1.82, 2.24) is 9.62 Å². The topological polar surface area (TPSA) is 75.7 Å². The average Bonchev–Trinajstić information content (AvgIpc) is 2.72. The van der Waals surface area contributed by atoms with Gasteiger partial charge in [0, 0.05) is 38.6 Å². The van der Waals surface area contributed by atoms with Crippen LogP contribution >= 0.6 is 11.8 Å². The Morgan fingerprint density at radius 2 is 1.86 bits per heavy atom. The van der Waals surface area contributed by atoms with Crippen LogP contribution in [0, 0.1) is 0 Å². The summed E-state index contributed by atoms with van der Waals surface area (Å²) < 4.78 is 31.1. The van der Waals surface area contributed by atoms with E-state index >= 15 is 0 Å². The van der Waals surface area contributed by atoms with E-state index < -0.39 is 10.0 Å². The van der Waals surface area contributed by atoms with E-state index in [2.05, 4.69) is 17.4 Å². The fourth-order valence-electron chi connectivity index (χ4n) is 2.69. The summed E-state index contributed by atoms with van der Waals surface area (Å²) in [5, 5.41) is 2.91. The molecule has 0 aliphatic carbocycles. The summed E-state index contributed by atoms with van der Waals surface area (Å²) in [5.74, 6) is 2.27. The molecule has 29 heavy (non-hydrogen) atoms. The zero-order valence-electron chi connectivity index (χ0n) is 17.1. The van der Waals surface area contributed by atoms with Gasteiger partial charge in [0.15, 0.2) is 0 Å². The Morgan fingerprint density at radius 3 is 2.52 bits per heavy atom. The molecule has 0 heterocycles.